The Bertz CT molecular complexity index is 364. The molecule has 0 aromatic carbocycles. The SMILES string of the molecule is COCC(Cn1cc(Cl)cc1C(=O)O)OC. The predicted molar refractivity (Wildman–Crippen MR) is 59.1 cm³/mol. The lowest BCUT2D eigenvalue weighted by molar-refractivity contribution is 0.0176. The first-order chi connectivity index (χ1) is 7.58. The summed E-state index contributed by atoms with van der Waals surface area (Å²) in [6, 6.07) is 1.41. The van der Waals surface area contributed by atoms with Crippen LogP contribution in [0.4, 0.5) is 0 Å². The third-order valence-corrected chi connectivity index (χ3v) is 2.38. The lowest BCUT2D eigenvalue weighted by Crippen LogP contribution is -2.25. The molecule has 16 heavy (non-hydrogen) atoms. The third-order valence-electron chi connectivity index (χ3n) is 2.17. The van der Waals surface area contributed by atoms with Crippen LogP contribution < -0.4 is 0 Å². The highest BCUT2D eigenvalue weighted by atomic mass is 35.5. The van der Waals surface area contributed by atoms with Gasteiger partial charge in [0.15, 0.2) is 0 Å². The Labute approximate surface area is 98.5 Å². The van der Waals surface area contributed by atoms with E-state index in [1.807, 2.05) is 0 Å². The monoisotopic (exact) mass is 247 g/mol. The average Bonchev–Trinajstić information content (AvgIpc) is 2.59. The maximum Gasteiger partial charge on any atom is 0.352 e. The molecule has 0 amide bonds. The minimum atomic E-state index is -1.01. The number of hydrogen-bond donors (Lipinski definition) is 1. The molecule has 1 heterocycles. The van der Waals surface area contributed by atoms with E-state index >= 15 is 0 Å². The second-order valence-corrected chi connectivity index (χ2v) is 3.75. The predicted octanol–water partition coefficient (Wildman–Crippen LogP) is 1.50. The van der Waals surface area contributed by atoms with Crippen molar-refractivity contribution >= 4 is 17.6 Å². The van der Waals surface area contributed by atoms with E-state index in [1.165, 1.54) is 10.6 Å². The van der Waals surface area contributed by atoms with Crippen LogP contribution >= 0.6 is 11.6 Å². The highest BCUT2D eigenvalue weighted by Gasteiger charge is 2.15. The number of methoxy groups -OCH3 is 2. The van der Waals surface area contributed by atoms with E-state index in [4.69, 9.17) is 26.2 Å². The smallest absolute Gasteiger partial charge is 0.352 e. The lowest BCUT2D eigenvalue weighted by atomic mass is 10.3. The average molecular weight is 248 g/mol. The standard InChI is InChI=1S/C10H14ClNO4/c1-15-6-8(16-2)5-12-4-7(11)3-9(12)10(13)14/h3-4,8H,5-6H2,1-2H3,(H,13,14). The number of carbonyl (C=O) groups is 1. The van der Waals surface area contributed by atoms with Gasteiger partial charge in [-0.3, -0.25) is 0 Å². The molecule has 1 aromatic rings. The van der Waals surface area contributed by atoms with Gasteiger partial charge < -0.3 is 19.1 Å². The lowest BCUT2D eigenvalue weighted by Gasteiger charge is -2.16. The van der Waals surface area contributed by atoms with Crippen molar-refractivity contribution in [3.63, 3.8) is 0 Å². The zero-order chi connectivity index (χ0) is 12.1. The number of ether oxygens (including phenoxy) is 2. The fourth-order valence-corrected chi connectivity index (χ4v) is 1.63. The van der Waals surface area contributed by atoms with Crippen molar-refractivity contribution in [2.45, 2.75) is 12.6 Å². The molecular formula is C10H14ClNO4. The van der Waals surface area contributed by atoms with Gasteiger partial charge in [-0.1, -0.05) is 11.6 Å². The summed E-state index contributed by atoms with van der Waals surface area (Å²) in [6.07, 6.45) is 1.36. The highest BCUT2D eigenvalue weighted by molar-refractivity contribution is 6.30. The number of carboxylic acid groups (broad SMARTS) is 1. The van der Waals surface area contributed by atoms with Crippen LogP contribution in [0.15, 0.2) is 12.3 Å². The Balaban J connectivity index is 2.82. The summed E-state index contributed by atoms with van der Waals surface area (Å²) < 4.78 is 11.7. The number of aromatic nitrogens is 1. The number of nitrogens with zero attached hydrogens (tertiary/aromatic N) is 1. The van der Waals surface area contributed by atoms with Gasteiger partial charge >= 0.3 is 5.97 Å². The van der Waals surface area contributed by atoms with Gasteiger partial charge in [-0.05, 0) is 6.07 Å². The number of carboxylic acids is 1. The molecule has 1 atom stereocenters. The molecule has 0 bridgehead atoms. The number of aromatic carboxylic acids is 1. The van der Waals surface area contributed by atoms with Crippen molar-refractivity contribution in [1.82, 2.24) is 4.57 Å². The fourth-order valence-electron chi connectivity index (χ4n) is 1.41. The molecule has 1 rings (SSSR count). The van der Waals surface area contributed by atoms with E-state index in [9.17, 15) is 4.79 Å². The maximum atomic E-state index is 10.9. The first kappa shape index (κ1) is 13.0. The quantitative estimate of drug-likeness (QED) is 0.828. The molecule has 1 aromatic heterocycles. The van der Waals surface area contributed by atoms with Crippen LogP contribution in [0.2, 0.25) is 5.02 Å². The van der Waals surface area contributed by atoms with Gasteiger partial charge in [-0.15, -0.1) is 0 Å². The molecule has 0 spiro atoms. The van der Waals surface area contributed by atoms with E-state index < -0.39 is 5.97 Å². The minimum absolute atomic E-state index is 0.142. The van der Waals surface area contributed by atoms with Crippen molar-refractivity contribution in [3.8, 4) is 0 Å². The first-order valence-corrected chi connectivity index (χ1v) is 5.07. The minimum Gasteiger partial charge on any atom is -0.477 e. The maximum absolute atomic E-state index is 10.9. The molecule has 90 valence electrons. The number of rotatable bonds is 6. The van der Waals surface area contributed by atoms with Crippen molar-refractivity contribution < 1.29 is 19.4 Å². The molecule has 0 saturated heterocycles. The van der Waals surface area contributed by atoms with Crippen LogP contribution in [-0.2, 0) is 16.0 Å². The topological polar surface area (TPSA) is 60.7 Å². The van der Waals surface area contributed by atoms with Crippen molar-refractivity contribution in [2.75, 3.05) is 20.8 Å². The van der Waals surface area contributed by atoms with Crippen LogP contribution in [-0.4, -0.2) is 42.6 Å². The van der Waals surface area contributed by atoms with Crippen molar-refractivity contribution in [2.24, 2.45) is 0 Å². The van der Waals surface area contributed by atoms with Crippen LogP contribution in [0.1, 0.15) is 10.5 Å². The van der Waals surface area contributed by atoms with E-state index in [2.05, 4.69) is 0 Å². The van der Waals surface area contributed by atoms with Gasteiger partial charge in [0.2, 0.25) is 0 Å². The summed E-state index contributed by atoms with van der Waals surface area (Å²) in [7, 11) is 3.11. The second kappa shape index (κ2) is 5.89. The van der Waals surface area contributed by atoms with E-state index in [-0.39, 0.29) is 11.8 Å². The molecular weight excluding hydrogens is 234 g/mol. The molecule has 0 aliphatic heterocycles. The van der Waals surface area contributed by atoms with Crippen LogP contribution in [0.5, 0.6) is 0 Å². The Morgan fingerprint density at radius 3 is 2.81 bits per heavy atom. The molecule has 0 saturated carbocycles. The van der Waals surface area contributed by atoms with Gasteiger partial charge in [0.1, 0.15) is 5.69 Å². The molecule has 6 heteroatoms. The van der Waals surface area contributed by atoms with Crippen LogP contribution in [0, 0.1) is 0 Å². The summed E-state index contributed by atoms with van der Waals surface area (Å²) in [5, 5.41) is 9.34. The molecule has 0 fully saturated rings. The second-order valence-electron chi connectivity index (χ2n) is 3.31. The molecule has 0 aliphatic carbocycles. The Hall–Kier alpha value is -1.04. The van der Waals surface area contributed by atoms with Gasteiger partial charge in [0.25, 0.3) is 0 Å². The van der Waals surface area contributed by atoms with Gasteiger partial charge in [-0.25, -0.2) is 4.79 Å². The van der Waals surface area contributed by atoms with Crippen molar-refractivity contribution in [1.29, 1.82) is 0 Å². The van der Waals surface area contributed by atoms with Crippen LogP contribution in [0.3, 0.4) is 0 Å². The summed E-state index contributed by atoms with van der Waals surface area (Å²) in [5.41, 5.74) is 0.142. The van der Waals surface area contributed by atoms with E-state index in [0.29, 0.717) is 18.2 Å². The van der Waals surface area contributed by atoms with Crippen LogP contribution in [0.25, 0.3) is 0 Å². The molecule has 1 unspecified atom stereocenters. The van der Waals surface area contributed by atoms with Gasteiger partial charge in [0.05, 0.1) is 24.3 Å². The summed E-state index contributed by atoms with van der Waals surface area (Å²) in [4.78, 5) is 10.9. The van der Waals surface area contributed by atoms with Crippen molar-refractivity contribution in [3.05, 3.63) is 23.0 Å². The molecule has 0 radical (unpaired) electrons. The fraction of sp³-hybridized carbons (Fsp3) is 0.500. The normalized spacial score (nSPS) is 12.7. The Morgan fingerprint density at radius 2 is 2.31 bits per heavy atom. The summed E-state index contributed by atoms with van der Waals surface area (Å²) in [6.45, 7) is 0.782. The third kappa shape index (κ3) is 3.23. The van der Waals surface area contributed by atoms with Gasteiger partial charge in [0, 0.05) is 20.4 Å². The zero-order valence-corrected chi connectivity index (χ0v) is 9.90. The molecule has 0 aliphatic rings. The molecule has 5 nitrogen and oxygen atoms in total. The Kier molecular flexibility index (Phi) is 4.79. The Morgan fingerprint density at radius 1 is 1.62 bits per heavy atom. The highest BCUT2D eigenvalue weighted by Crippen LogP contribution is 2.15. The molecule has 1 N–H and O–H groups in total. The van der Waals surface area contributed by atoms with Gasteiger partial charge in [-0.2, -0.15) is 0 Å². The number of hydrogen-bond acceptors (Lipinski definition) is 3. The summed E-state index contributed by atoms with van der Waals surface area (Å²) in [5.74, 6) is -1.01. The summed E-state index contributed by atoms with van der Waals surface area (Å²) >= 11 is 5.76. The van der Waals surface area contributed by atoms with E-state index in [0.717, 1.165) is 0 Å². The largest absolute Gasteiger partial charge is 0.477 e. The zero-order valence-electron chi connectivity index (χ0n) is 9.14. The van der Waals surface area contributed by atoms with E-state index in [1.54, 1.807) is 20.4 Å². The number of halogens is 1. The first-order valence-electron chi connectivity index (χ1n) is 4.69.